The number of hydrogen-bond acceptors (Lipinski definition) is 4. The van der Waals surface area contributed by atoms with Crippen LogP contribution in [0.3, 0.4) is 0 Å². The quantitative estimate of drug-likeness (QED) is 0.659. The van der Waals surface area contributed by atoms with Gasteiger partial charge in [-0.3, -0.25) is 25.2 Å². The van der Waals surface area contributed by atoms with Gasteiger partial charge in [0.15, 0.2) is 6.10 Å². The summed E-state index contributed by atoms with van der Waals surface area (Å²) in [5, 5.41) is 8.48. The third-order valence-corrected chi connectivity index (χ3v) is 3.00. The Hall–Kier alpha value is -2.57. The molecule has 1 aromatic rings. The molecule has 1 atom stereocenters. The molecular formula is C16H22N2O5. The Morgan fingerprint density at radius 1 is 1.09 bits per heavy atom. The average molecular weight is 322 g/mol. The lowest BCUT2D eigenvalue weighted by Gasteiger charge is -2.16. The summed E-state index contributed by atoms with van der Waals surface area (Å²) in [6.45, 7) is 5.44. The SMILES string of the molecule is Cc1cc(C)cc(O[C@@H](C)C(=O)NNC(=O)CCCC(=O)O)c1. The number of amides is 2. The summed E-state index contributed by atoms with van der Waals surface area (Å²) in [5.41, 5.74) is 6.55. The second-order valence-electron chi connectivity index (χ2n) is 5.37. The first-order valence-corrected chi connectivity index (χ1v) is 7.33. The third kappa shape index (κ3) is 7.30. The number of ether oxygens (including phenoxy) is 1. The molecule has 0 spiro atoms. The topological polar surface area (TPSA) is 105 Å². The number of carboxylic acids is 1. The average Bonchev–Trinajstić information content (AvgIpc) is 2.43. The lowest BCUT2D eigenvalue weighted by atomic mass is 10.1. The molecule has 1 rings (SSSR count). The van der Waals surface area contributed by atoms with Crippen molar-refractivity contribution in [3.05, 3.63) is 29.3 Å². The minimum Gasteiger partial charge on any atom is -0.481 e. The molecule has 0 bridgehead atoms. The summed E-state index contributed by atoms with van der Waals surface area (Å²) in [7, 11) is 0. The summed E-state index contributed by atoms with van der Waals surface area (Å²) < 4.78 is 5.54. The zero-order valence-corrected chi connectivity index (χ0v) is 13.5. The van der Waals surface area contributed by atoms with Gasteiger partial charge in [-0.2, -0.15) is 0 Å². The molecule has 126 valence electrons. The monoisotopic (exact) mass is 322 g/mol. The number of carbonyl (C=O) groups is 3. The van der Waals surface area contributed by atoms with E-state index in [-0.39, 0.29) is 19.3 Å². The van der Waals surface area contributed by atoms with E-state index in [0.29, 0.717) is 5.75 Å². The van der Waals surface area contributed by atoms with Crippen molar-refractivity contribution in [3.8, 4) is 5.75 Å². The Bertz CT molecular complexity index is 566. The first-order chi connectivity index (χ1) is 10.8. The van der Waals surface area contributed by atoms with Crippen molar-refractivity contribution in [2.24, 2.45) is 0 Å². The largest absolute Gasteiger partial charge is 0.481 e. The molecule has 0 radical (unpaired) electrons. The van der Waals surface area contributed by atoms with Gasteiger partial charge in [-0.15, -0.1) is 0 Å². The molecule has 2 amide bonds. The molecule has 0 aromatic heterocycles. The Balaban J connectivity index is 2.39. The van der Waals surface area contributed by atoms with Crippen molar-refractivity contribution >= 4 is 17.8 Å². The van der Waals surface area contributed by atoms with Crippen molar-refractivity contribution in [1.29, 1.82) is 0 Å². The van der Waals surface area contributed by atoms with Crippen LogP contribution in [0.5, 0.6) is 5.75 Å². The van der Waals surface area contributed by atoms with E-state index in [2.05, 4.69) is 10.9 Å². The predicted molar refractivity (Wildman–Crippen MR) is 83.8 cm³/mol. The molecular weight excluding hydrogens is 300 g/mol. The van der Waals surface area contributed by atoms with Crippen molar-refractivity contribution in [2.75, 3.05) is 0 Å². The lowest BCUT2D eigenvalue weighted by Crippen LogP contribution is -2.47. The van der Waals surface area contributed by atoms with E-state index in [1.54, 1.807) is 6.92 Å². The highest BCUT2D eigenvalue weighted by Crippen LogP contribution is 2.17. The summed E-state index contributed by atoms with van der Waals surface area (Å²) in [6, 6.07) is 5.64. The van der Waals surface area contributed by atoms with E-state index < -0.39 is 23.9 Å². The second kappa shape index (κ2) is 8.77. The minimum atomic E-state index is -0.961. The van der Waals surface area contributed by atoms with Gasteiger partial charge in [0, 0.05) is 12.8 Å². The maximum absolute atomic E-state index is 11.9. The molecule has 0 aliphatic carbocycles. The fourth-order valence-corrected chi connectivity index (χ4v) is 1.95. The van der Waals surface area contributed by atoms with Gasteiger partial charge in [0.25, 0.3) is 5.91 Å². The van der Waals surface area contributed by atoms with Crippen molar-refractivity contribution < 1.29 is 24.2 Å². The van der Waals surface area contributed by atoms with Crippen LogP contribution in [0.4, 0.5) is 0 Å². The molecule has 3 N–H and O–H groups in total. The molecule has 0 saturated heterocycles. The summed E-state index contributed by atoms with van der Waals surface area (Å²) in [4.78, 5) is 33.6. The molecule has 0 saturated carbocycles. The summed E-state index contributed by atoms with van der Waals surface area (Å²) in [5.74, 6) is -1.32. The number of carboxylic acid groups (broad SMARTS) is 1. The smallest absolute Gasteiger partial charge is 0.303 e. The molecule has 7 nitrogen and oxygen atoms in total. The fourth-order valence-electron chi connectivity index (χ4n) is 1.95. The number of benzene rings is 1. The molecule has 23 heavy (non-hydrogen) atoms. The first-order valence-electron chi connectivity index (χ1n) is 7.33. The van der Waals surface area contributed by atoms with Crippen LogP contribution in [0.2, 0.25) is 0 Å². The van der Waals surface area contributed by atoms with Gasteiger partial charge in [-0.05, 0) is 50.5 Å². The van der Waals surface area contributed by atoms with Crippen molar-refractivity contribution in [1.82, 2.24) is 10.9 Å². The molecule has 0 heterocycles. The number of aliphatic carboxylic acids is 1. The van der Waals surface area contributed by atoms with Gasteiger partial charge < -0.3 is 9.84 Å². The fraction of sp³-hybridized carbons (Fsp3) is 0.438. The zero-order valence-electron chi connectivity index (χ0n) is 13.5. The van der Waals surface area contributed by atoms with Gasteiger partial charge in [0.1, 0.15) is 5.75 Å². The van der Waals surface area contributed by atoms with Gasteiger partial charge in [0.05, 0.1) is 0 Å². The Morgan fingerprint density at radius 3 is 2.26 bits per heavy atom. The van der Waals surface area contributed by atoms with E-state index in [0.717, 1.165) is 11.1 Å². The third-order valence-electron chi connectivity index (χ3n) is 3.00. The number of hydrogen-bond donors (Lipinski definition) is 3. The molecule has 1 aromatic carbocycles. The van der Waals surface area contributed by atoms with Crippen molar-refractivity contribution in [3.63, 3.8) is 0 Å². The number of rotatable bonds is 7. The van der Waals surface area contributed by atoms with Crippen LogP contribution in [0, 0.1) is 13.8 Å². The van der Waals surface area contributed by atoms with Crippen molar-refractivity contribution in [2.45, 2.75) is 46.1 Å². The van der Waals surface area contributed by atoms with Gasteiger partial charge in [-0.25, -0.2) is 0 Å². The van der Waals surface area contributed by atoms with Crippen LogP contribution in [-0.2, 0) is 14.4 Å². The molecule has 0 aliphatic heterocycles. The van der Waals surface area contributed by atoms with Gasteiger partial charge >= 0.3 is 5.97 Å². The molecule has 7 heteroatoms. The predicted octanol–water partition coefficient (Wildman–Crippen LogP) is 1.47. The lowest BCUT2D eigenvalue weighted by molar-refractivity contribution is -0.137. The number of hydrazine groups is 1. The van der Waals surface area contributed by atoms with Crippen LogP contribution >= 0.6 is 0 Å². The standard InChI is InChI=1S/C16H22N2O5/c1-10-7-11(2)9-13(8-10)23-12(3)16(22)18-17-14(19)5-4-6-15(20)21/h7-9,12H,4-6H2,1-3H3,(H,17,19)(H,18,22)(H,20,21)/t12-/m0/s1. The van der Waals surface area contributed by atoms with E-state index in [1.807, 2.05) is 32.0 Å². The summed E-state index contributed by atoms with van der Waals surface area (Å²) >= 11 is 0. The minimum absolute atomic E-state index is 0.0267. The second-order valence-corrected chi connectivity index (χ2v) is 5.37. The van der Waals surface area contributed by atoms with Crippen LogP contribution < -0.4 is 15.6 Å². The number of carbonyl (C=O) groups excluding carboxylic acids is 2. The van der Waals surface area contributed by atoms with E-state index >= 15 is 0 Å². The molecule has 0 fully saturated rings. The summed E-state index contributed by atoms with van der Waals surface area (Å²) in [6.07, 6.45) is -0.631. The molecule has 0 unspecified atom stereocenters. The van der Waals surface area contributed by atoms with Crippen LogP contribution in [-0.4, -0.2) is 29.0 Å². The number of aryl methyl sites for hydroxylation is 2. The first kappa shape index (κ1) is 18.5. The Kier molecular flexibility index (Phi) is 7.05. The maximum Gasteiger partial charge on any atom is 0.303 e. The van der Waals surface area contributed by atoms with Crippen LogP contribution in [0.25, 0.3) is 0 Å². The Labute approximate surface area is 135 Å². The van der Waals surface area contributed by atoms with E-state index in [4.69, 9.17) is 9.84 Å². The maximum atomic E-state index is 11.9. The van der Waals surface area contributed by atoms with Gasteiger partial charge in [0.2, 0.25) is 5.91 Å². The highest BCUT2D eigenvalue weighted by atomic mass is 16.5. The van der Waals surface area contributed by atoms with Crippen LogP contribution in [0.1, 0.15) is 37.3 Å². The zero-order chi connectivity index (χ0) is 17.4. The normalized spacial score (nSPS) is 11.4. The highest BCUT2D eigenvalue weighted by Gasteiger charge is 2.15. The van der Waals surface area contributed by atoms with E-state index in [1.165, 1.54) is 0 Å². The highest BCUT2D eigenvalue weighted by molar-refractivity contribution is 5.84. The Morgan fingerprint density at radius 2 is 1.70 bits per heavy atom. The van der Waals surface area contributed by atoms with Crippen LogP contribution in [0.15, 0.2) is 18.2 Å². The number of nitrogens with one attached hydrogen (secondary N) is 2. The van der Waals surface area contributed by atoms with E-state index in [9.17, 15) is 14.4 Å². The van der Waals surface area contributed by atoms with Gasteiger partial charge in [-0.1, -0.05) is 6.07 Å². The molecule has 0 aliphatic rings.